The summed E-state index contributed by atoms with van der Waals surface area (Å²) in [4.78, 5) is 24.2. The van der Waals surface area contributed by atoms with E-state index in [4.69, 9.17) is 0 Å². The Morgan fingerprint density at radius 2 is 2.20 bits per heavy atom. The molecule has 0 aromatic heterocycles. The summed E-state index contributed by atoms with van der Waals surface area (Å²) < 4.78 is 0. The number of carbonyl (C=O) groups excluding carboxylic acids is 1. The topological polar surface area (TPSA) is 83.7 Å². The van der Waals surface area contributed by atoms with Gasteiger partial charge in [0.25, 0.3) is 5.91 Å². The molecule has 1 fully saturated rings. The smallest absolute Gasteiger partial charge is 0.311 e. The van der Waals surface area contributed by atoms with Crippen molar-refractivity contribution in [1.82, 2.24) is 4.90 Å². The molecule has 108 valence electrons. The number of rotatable bonds is 6. The summed E-state index contributed by atoms with van der Waals surface area (Å²) in [5.74, 6) is -0.342. The fraction of sp³-hybridized carbons (Fsp3) is 0.500. The molecule has 1 aromatic carbocycles. The number of aromatic hydroxyl groups is 1. The van der Waals surface area contributed by atoms with Crippen LogP contribution in [0.3, 0.4) is 0 Å². The molecule has 0 atom stereocenters. The molecule has 1 N–H and O–H groups in total. The first kappa shape index (κ1) is 14.3. The lowest BCUT2D eigenvalue weighted by atomic mass is 10.1. The highest BCUT2D eigenvalue weighted by molar-refractivity contribution is 5.98. The maximum absolute atomic E-state index is 12.4. The highest BCUT2D eigenvalue weighted by atomic mass is 16.6. The predicted molar refractivity (Wildman–Crippen MR) is 73.7 cm³/mol. The van der Waals surface area contributed by atoms with E-state index in [0.717, 1.165) is 19.3 Å². The Kier molecular flexibility index (Phi) is 4.22. The van der Waals surface area contributed by atoms with E-state index in [9.17, 15) is 20.0 Å². The average Bonchev–Trinajstić information content (AvgIpc) is 3.21. The van der Waals surface area contributed by atoms with E-state index in [1.807, 2.05) is 6.92 Å². The van der Waals surface area contributed by atoms with Gasteiger partial charge in [-0.25, -0.2) is 0 Å². The van der Waals surface area contributed by atoms with Gasteiger partial charge in [0.15, 0.2) is 0 Å². The Bertz CT molecular complexity index is 526. The summed E-state index contributed by atoms with van der Waals surface area (Å²) in [5.41, 5.74) is -0.424. The molecular weight excluding hydrogens is 260 g/mol. The average molecular weight is 278 g/mol. The van der Waals surface area contributed by atoms with Gasteiger partial charge in [-0.3, -0.25) is 14.9 Å². The summed E-state index contributed by atoms with van der Waals surface area (Å²) in [5, 5.41) is 20.7. The molecule has 20 heavy (non-hydrogen) atoms. The zero-order valence-electron chi connectivity index (χ0n) is 11.4. The molecule has 1 aliphatic carbocycles. The van der Waals surface area contributed by atoms with Crippen molar-refractivity contribution in [3.05, 3.63) is 33.9 Å². The maximum atomic E-state index is 12.4. The maximum Gasteiger partial charge on any atom is 0.311 e. The molecule has 0 radical (unpaired) electrons. The number of phenolic OH excluding ortho intramolecular Hbond substituents is 1. The standard InChI is InChI=1S/C14H18N2O4/c1-2-8-15(9-10-6-7-10)14(18)11-4-3-5-12(13(11)17)16(19)20/h3-5,10,17H,2,6-9H2,1H3. The summed E-state index contributed by atoms with van der Waals surface area (Å²) in [7, 11) is 0. The van der Waals surface area contributed by atoms with Gasteiger partial charge in [0.2, 0.25) is 5.75 Å². The predicted octanol–water partition coefficient (Wildman–Crippen LogP) is 2.56. The van der Waals surface area contributed by atoms with Gasteiger partial charge >= 0.3 is 5.69 Å². The van der Waals surface area contributed by atoms with Crippen LogP contribution in [0.15, 0.2) is 18.2 Å². The van der Waals surface area contributed by atoms with Crippen LogP contribution in [-0.2, 0) is 0 Å². The summed E-state index contributed by atoms with van der Waals surface area (Å²) in [6.45, 7) is 3.23. The van der Waals surface area contributed by atoms with Gasteiger partial charge in [-0.1, -0.05) is 13.0 Å². The number of hydrogen-bond acceptors (Lipinski definition) is 4. The van der Waals surface area contributed by atoms with Crippen molar-refractivity contribution in [1.29, 1.82) is 0 Å². The number of para-hydroxylation sites is 1. The number of amides is 1. The van der Waals surface area contributed by atoms with E-state index in [1.165, 1.54) is 18.2 Å². The number of nitro benzene ring substituents is 1. The first-order valence-corrected chi connectivity index (χ1v) is 6.80. The van der Waals surface area contributed by atoms with Gasteiger partial charge in [0.05, 0.1) is 10.5 Å². The fourth-order valence-corrected chi connectivity index (χ4v) is 2.18. The summed E-state index contributed by atoms with van der Waals surface area (Å²) in [6, 6.07) is 4.05. The van der Waals surface area contributed by atoms with Crippen LogP contribution in [-0.4, -0.2) is 33.9 Å². The minimum Gasteiger partial charge on any atom is -0.502 e. The minimum atomic E-state index is -0.683. The third-order valence-corrected chi connectivity index (χ3v) is 3.40. The molecule has 0 bridgehead atoms. The molecule has 6 heteroatoms. The molecule has 0 unspecified atom stereocenters. The van der Waals surface area contributed by atoms with Crippen molar-refractivity contribution in [3.8, 4) is 5.75 Å². The van der Waals surface area contributed by atoms with Crippen LogP contribution in [0.5, 0.6) is 5.75 Å². The van der Waals surface area contributed by atoms with Crippen LogP contribution in [0.25, 0.3) is 0 Å². The first-order valence-electron chi connectivity index (χ1n) is 6.80. The number of nitrogens with zero attached hydrogens (tertiary/aromatic N) is 2. The Labute approximate surface area is 117 Å². The normalized spacial score (nSPS) is 14.1. The lowest BCUT2D eigenvalue weighted by molar-refractivity contribution is -0.385. The minimum absolute atomic E-state index is 0.00769. The lowest BCUT2D eigenvalue weighted by Gasteiger charge is -2.22. The second kappa shape index (κ2) is 5.90. The second-order valence-electron chi connectivity index (χ2n) is 5.12. The van der Waals surface area contributed by atoms with Crippen LogP contribution in [0.4, 0.5) is 5.69 Å². The zero-order valence-corrected chi connectivity index (χ0v) is 11.4. The molecule has 0 aliphatic heterocycles. The largest absolute Gasteiger partial charge is 0.502 e. The number of nitro groups is 1. The van der Waals surface area contributed by atoms with Gasteiger partial charge in [-0.05, 0) is 31.2 Å². The molecule has 1 amide bonds. The van der Waals surface area contributed by atoms with E-state index >= 15 is 0 Å². The SMILES string of the molecule is CCCN(CC1CC1)C(=O)c1cccc([N+](=O)[O-])c1O. The highest BCUT2D eigenvalue weighted by Gasteiger charge is 2.29. The number of carbonyl (C=O) groups is 1. The molecule has 1 saturated carbocycles. The van der Waals surface area contributed by atoms with E-state index < -0.39 is 16.4 Å². The first-order chi connectivity index (χ1) is 9.54. The van der Waals surface area contributed by atoms with E-state index in [2.05, 4.69) is 0 Å². The fourth-order valence-electron chi connectivity index (χ4n) is 2.18. The molecule has 6 nitrogen and oxygen atoms in total. The van der Waals surface area contributed by atoms with Crippen molar-refractivity contribution >= 4 is 11.6 Å². The number of benzene rings is 1. The van der Waals surface area contributed by atoms with Gasteiger partial charge in [-0.15, -0.1) is 0 Å². The van der Waals surface area contributed by atoms with Crippen LogP contribution >= 0.6 is 0 Å². The van der Waals surface area contributed by atoms with E-state index in [0.29, 0.717) is 19.0 Å². The quantitative estimate of drug-likeness (QED) is 0.640. The summed E-state index contributed by atoms with van der Waals surface area (Å²) in [6.07, 6.45) is 3.05. The van der Waals surface area contributed by atoms with E-state index in [1.54, 1.807) is 4.90 Å². The Morgan fingerprint density at radius 3 is 2.75 bits per heavy atom. The van der Waals surface area contributed by atoms with Crippen LogP contribution in [0.2, 0.25) is 0 Å². The third kappa shape index (κ3) is 3.07. The van der Waals surface area contributed by atoms with Crippen molar-refractivity contribution in [2.24, 2.45) is 5.92 Å². The van der Waals surface area contributed by atoms with Gasteiger partial charge in [0, 0.05) is 19.2 Å². The van der Waals surface area contributed by atoms with Crippen LogP contribution in [0.1, 0.15) is 36.5 Å². The highest BCUT2D eigenvalue weighted by Crippen LogP contribution is 2.33. The lowest BCUT2D eigenvalue weighted by Crippen LogP contribution is -2.33. The van der Waals surface area contributed by atoms with Gasteiger partial charge in [-0.2, -0.15) is 0 Å². The molecule has 1 aliphatic rings. The monoisotopic (exact) mass is 278 g/mol. The molecule has 0 saturated heterocycles. The van der Waals surface area contributed by atoms with Crippen molar-refractivity contribution in [2.45, 2.75) is 26.2 Å². The molecule has 1 aromatic rings. The number of hydrogen-bond donors (Lipinski definition) is 1. The Morgan fingerprint density at radius 1 is 1.50 bits per heavy atom. The Balaban J connectivity index is 2.25. The van der Waals surface area contributed by atoms with Crippen LogP contribution in [0, 0.1) is 16.0 Å². The molecule has 2 rings (SSSR count). The van der Waals surface area contributed by atoms with Crippen molar-refractivity contribution in [2.75, 3.05) is 13.1 Å². The third-order valence-electron chi connectivity index (χ3n) is 3.40. The van der Waals surface area contributed by atoms with Crippen molar-refractivity contribution in [3.63, 3.8) is 0 Å². The zero-order chi connectivity index (χ0) is 14.7. The van der Waals surface area contributed by atoms with Crippen LogP contribution < -0.4 is 0 Å². The Hall–Kier alpha value is -2.11. The molecule has 0 heterocycles. The van der Waals surface area contributed by atoms with E-state index in [-0.39, 0.29) is 11.5 Å². The van der Waals surface area contributed by atoms with Gasteiger partial charge < -0.3 is 10.0 Å². The summed E-state index contributed by atoms with van der Waals surface area (Å²) >= 11 is 0. The molecular formula is C14H18N2O4. The van der Waals surface area contributed by atoms with Gasteiger partial charge in [0.1, 0.15) is 0 Å². The molecule has 0 spiro atoms. The van der Waals surface area contributed by atoms with Crippen molar-refractivity contribution < 1.29 is 14.8 Å². The second-order valence-corrected chi connectivity index (χ2v) is 5.12. The number of phenols is 1.